The van der Waals surface area contributed by atoms with Gasteiger partial charge in [-0.05, 0) is 48.7 Å². The Morgan fingerprint density at radius 3 is 2.55 bits per heavy atom. The maximum Gasteiger partial charge on any atom is 0.349 e. The van der Waals surface area contributed by atoms with Gasteiger partial charge in [0.15, 0.2) is 6.61 Å². The molecule has 6 heteroatoms. The lowest BCUT2D eigenvalue weighted by atomic mass is 10.1. The van der Waals surface area contributed by atoms with Crippen molar-refractivity contribution in [1.82, 2.24) is 0 Å². The molecule has 0 saturated carbocycles. The summed E-state index contributed by atoms with van der Waals surface area (Å²) in [5.41, 5.74) is 3.51. The fourth-order valence-corrected chi connectivity index (χ4v) is 3.39. The first-order valence-electron chi connectivity index (χ1n) is 9.37. The molecule has 1 aliphatic heterocycles. The molecule has 2 aromatic rings. The van der Waals surface area contributed by atoms with Crippen LogP contribution in [0.2, 0.25) is 0 Å². The molecule has 0 aliphatic carbocycles. The van der Waals surface area contributed by atoms with Crippen molar-refractivity contribution in [3.05, 3.63) is 65.2 Å². The van der Waals surface area contributed by atoms with Crippen molar-refractivity contribution in [3.8, 4) is 6.07 Å². The molecular formula is C23H23N3O3. The number of amides is 1. The van der Waals surface area contributed by atoms with Crippen LogP contribution in [0.3, 0.4) is 0 Å². The molecule has 1 amide bonds. The van der Waals surface area contributed by atoms with Crippen molar-refractivity contribution in [2.75, 3.05) is 30.5 Å². The number of nitrogens with zero attached hydrogens (tertiary/aromatic N) is 3. The highest BCUT2D eigenvalue weighted by Crippen LogP contribution is 2.31. The molecule has 0 radical (unpaired) electrons. The van der Waals surface area contributed by atoms with Crippen molar-refractivity contribution in [2.45, 2.75) is 19.4 Å². The summed E-state index contributed by atoms with van der Waals surface area (Å²) < 4.78 is 5.14. The summed E-state index contributed by atoms with van der Waals surface area (Å²) >= 11 is 0. The number of para-hydroxylation sites is 1. The number of hydrogen-bond donors (Lipinski definition) is 0. The van der Waals surface area contributed by atoms with Gasteiger partial charge in [-0.2, -0.15) is 5.26 Å². The van der Waals surface area contributed by atoms with Gasteiger partial charge in [-0.3, -0.25) is 4.79 Å². The lowest BCUT2D eigenvalue weighted by molar-refractivity contribution is -0.143. The van der Waals surface area contributed by atoms with E-state index in [-0.39, 0.29) is 17.5 Å². The smallest absolute Gasteiger partial charge is 0.349 e. The Hall–Kier alpha value is -3.59. The van der Waals surface area contributed by atoms with Crippen LogP contribution in [0, 0.1) is 11.3 Å². The minimum Gasteiger partial charge on any atom is -0.451 e. The van der Waals surface area contributed by atoms with Gasteiger partial charge in [0.25, 0.3) is 5.91 Å². The van der Waals surface area contributed by atoms with Crippen LogP contribution < -0.4 is 9.80 Å². The van der Waals surface area contributed by atoms with Crippen LogP contribution in [0.5, 0.6) is 0 Å². The van der Waals surface area contributed by atoms with Gasteiger partial charge in [0, 0.05) is 31.5 Å². The SMILES string of the molecule is CC1Cc2ccccc2N1C(=O)COC(=O)C(C#N)=Cc1ccc(N(C)C)cc1. The molecule has 1 atom stereocenters. The standard InChI is InChI=1S/C23H23N3O3/c1-16-12-18-6-4-5-7-21(18)26(16)22(27)15-29-23(28)19(14-24)13-17-8-10-20(11-9-17)25(2)3/h4-11,13,16H,12,15H2,1-3H3. The third-order valence-electron chi connectivity index (χ3n) is 4.86. The number of nitriles is 1. The van der Waals surface area contributed by atoms with Crippen molar-refractivity contribution in [1.29, 1.82) is 5.26 Å². The van der Waals surface area contributed by atoms with Crippen LogP contribution in [-0.4, -0.2) is 38.6 Å². The largest absolute Gasteiger partial charge is 0.451 e. The summed E-state index contributed by atoms with van der Waals surface area (Å²) in [5.74, 6) is -1.11. The number of anilines is 2. The molecule has 1 unspecified atom stereocenters. The predicted molar refractivity (Wildman–Crippen MR) is 112 cm³/mol. The van der Waals surface area contributed by atoms with Gasteiger partial charge in [0.1, 0.15) is 11.6 Å². The number of carbonyl (C=O) groups is 2. The molecule has 0 spiro atoms. The predicted octanol–water partition coefficient (Wildman–Crippen LogP) is 3.18. The number of hydrogen-bond acceptors (Lipinski definition) is 5. The maximum absolute atomic E-state index is 12.6. The van der Waals surface area contributed by atoms with E-state index in [0.29, 0.717) is 5.56 Å². The summed E-state index contributed by atoms with van der Waals surface area (Å²) in [7, 11) is 3.86. The minimum atomic E-state index is -0.808. The van der Waals surface area contributed by atoms with Gasteiger partial charge in [0.2, 0.25) is 0 Å². The Morgan fingerprint density at radius 2 is 1.90 bits per heavy atom. The minimum absolute atomic E-state index is 0.000192. The Balaban J connectivity index is 1.66. The molecule has 1 aliphatic rings. The second-order valence-corrected chi connectivity index (χ2v) is 7.18. The van der Waals surface area contributed by atoms with Crippen LogP contribution in [0.4, 0.5) is 11.4 Å². The Labute approximate surface area is 170 Å². The maximum atomic E-state index is 12.6. The number of ether oxygens (including phenoxy) is 1. The lowest BCUT2D eigenvalue weighted by Crippen LogP contribution is -2.38. The highest BCUT2D eigenvalue weighted by molar-refractivity contribution is 6.01. The second kappa shape index (κ2) is 8.61. The van der Waals surface area contributed by atoms with Crippen LogP contribution in [0.1, 0.15) is 18.1 Å². The van der Waals surface area contributed by atoms with E-state index in [2.05, 4.69) is 0 Å². The summed E-state index contributed by atoms with van der Waals surface area (Å²) in [6.45, 7) is 1.55. The number of esters is 1. The van der Waals surface area contributed by atoms with E-state index in [0.717, 1.165) is 23.4 Å². The first-order chi connectivity index (χ1) is 13.9. The van der Waals surface area contributed by atoms with Crippen LogP contribution in [0.25, 0.3) is 6.08 Å². The van der Waals surface area contributed by atoms with Crippen LogP contribution >= 0.6 is 0 Å². The molecule has 0 N–H and O–H groups in total. The van der Waals surface area contributed by atoms with E-state index < -0.39 is 12.6 Å². The monoisotopic (exact) mass is 389 g/mol. The van der Waals surface area contributed by atoms with E-state index in [1.165, 1.54) is 6.08 Å². The second-order valence-electron chi connectivity index (χ2n) is 7.18. The fraction of sp³-hybridized carbons (Fsp3) is 0.261. The first kappa shape index (κ1) is 20.2. The molecule has 1 heterocycles. The van der Waals surface area contributed by atoms with E-state index in [1.807, 2.05) is 80.5 Å². The number of benzene rings is 2. The van der Waals surface area contributed by atoms with Gasteiger partial charge in [-0.25, -0.2) is 4.79 Å². The van der Waals surface area contributed by atoms with E-state index in [9.17, 15) is 14.9 Å². The first-order valence-corrected chi connectivity index (χ1v) is 9.37. The van der Waals surface area contributed by atoms with Crippen molar-refractivity contribution in [3.63, 3.8) is 0 Å². The van der Waals surface area contributed by atoms with Gasteiger partial charge in [0.05, 0.1) is 0 Å². The average molecular weight is 389 g/mol. The van der Waals surface area contributed by atoms with E-state index >= 15 is 0 Å². The molecule has 3 rings (SSSR count). The van der Waals surface area contributed by atoms with Gasteiger partial charge < -0.3 is 14.5 Å². The van der Waals surface area contributed by atoms with Gasteiger partial charge >= 0.3 is 5.97 Å². The third kappa shape index (κ3) is 4.46. The molecule has 0 saturated heterocycles. The Kier molecular flexibility index (Phi) is 5.99. The summed E-state index contributed by atoms with van der Waals surface area (Å²) in [6, 6.07) is 17.0. The van der Waals surface area contributed by atoms with E-state index in [4.69, 9.17) is 4.74 Å². The van der Waals surface area contributed by atoms with Crippen molar-refractivity contribution < 1.29 is 14.3 Å². The summed E-state index contributed by atoms with van der Waals surface area (Å²) in [4.78, 5) is 28.5. The van der Waals surface area contributed by atoms with Crippen molar-refractivity contribution in [2.24, 2.45) is 0 Å². The van der Waals surface area contributed by atoms with Gasteiger partial charge in [-0.1, -0.05) is 30.3 Å². The van der Waals surface area contributed by atoms with Crippen molar-refractivity contribution >= 4 is 29.3 Å². The van der Waals surface area contributed by atoms with E-state index in [1.54, 1.807) is 4.90 Å². The zero-order valence-corrected chi connectivity index (χ0v) is 16.8. The molecule has 0 aromatic heterocycles. The van der Waals surface area contributed by atoms with Crippen LogP contribution in [-0.2, 0) is 20.7 Å². The molecule has 6 nitrogen and oxygen atoms in total. The molecule has 0 bridgehead atoms. The zero-order valence-electron chi connectivity index (χ0n) is 16.8. The molecule has 148 valence electrons. The van der Waals surface area contributed by atoms with Gasteiger partial charge in [-0.15, -0.1) is 0 Å². The summed E-state index contributed by atoms with van der Waals surface area (Å²) in [5, 5.41) is 9.33. The number of rotatable bonds is 5. The Morgan fingerprint density at radius 1 is 1.21 bits per heavy atom. The lowest BCUT2D eigenvalue weighted by Gasteiger charge is -2.22. The van der Waals surface area contributed by atoms with Crippen LogP contribution in [0.15, 0.2) is 54.1 Å². The molecule has 0 fully saturated rings. The Bertz CT molecular complexity index is 987. The average Bonchev–Trinajstić information content (AvgIpc) is 3.06. The quantitative estimate of drug-likeness (QED) is 0.446. The number of carbonyl (C=O) groups excluding carboxylic acids is 2. The third-order valence-corrected chi connectivity index (χ3v) is 4.86. The highest BCUT2D eigenvalue weighted by atomic mass is 16.5. The molecular weight excluding hydrogens is 366 g/mol. The molecule has 29 heavy (non-hydrogen) atoms. The normalized spacial score (nSPS) is 15.4. The summed E-state index contributed by atoms with van der Waals surface area (Å²) in [6.07, 6.45) is 2.22. The highest BCUT2D eigenvalue weighted by Gasteiger charge is 2.31. The fourth-order valence-electron chi connectivity index (χ4n) is 3.39. The zero-order chi connectivity index (χ0) is 21.0. The molecule has 2 aromatic carbocycles. The topological polar surface area (TPSA) is 73.6 Å². The number of fused-ring (bicyclic) bond motifs is 1.